The number of imidazole rings is 1. The summed E-state index contributed by atoms with van der Waals surface area (Å²) < 4.78 is 2.20. The van der Waals surface area contributed by atoms with Gasteiger partial charge < -0.3 is 20.3 Å². The van der Waals surface area contributed by atoms with Crippen molar-refractivity contribution in [1.29, 1.82) is 0 Å². The van der Waals surface area contributed by atoms with Crippen molar-refractivity contribution < 1.29 is 9.90 Å². The summed E-state index contributed by atoms with van der Waals surface area (Å²) in [6, 6.07) is 0.0745. The zero-order valence-corrected chi connectivity index (χ0v) is 17.1. The van der Waals surface area contributed by atoms with Crippen molar-refractivity contribution in [3.63, 3.8) is 0 Å². The van der Waals surface area contributed by atoms with E-state index < -0.39 is 0 Å². The second-order valence-electron chi connectivity index (χ2n) is 8.23. The maximum atomic E-state index is 12.5. The van der Waals surface area contributed by atoms with Gasteiger partial charge in [0.1, 0.15) is 5.82 Å². The molecule has 3 unspecified atom stereocenters. The first kappa shape index (κ1) is 20.1. The summed E-state index contributed by atoms with van der Waals surface area (Å²) in [5.74, 6) is 1.60. The van der Waals surface area contributed by atoms with Crippen molar-refractivity contribution in [2.45, 2.75) is 66.0 Å². The molecule has 1 aromatic rings. The van der Waals surface area contributed by atoms with E-state index in [1.807, 2.05) is 6.92 Å². The summed E-state index contributed by atoms with van der Waals surface area (Å²) in [5.41, 5.74) is 5.22. The summed E-state index contributed by atoms with van der Waals surface area (Å²) in [5, 5.41) is 15.6. The van der Waals surface area contributed by atoms with Gasteiger partial charge in [-0.25, -0.2) is 4.98 Å². The van der Waals surface area contributed by atoms with Crippen LogP contribution in [0.4, 0.5) is 0 Å². The van der Waals surface area contributed by atoms with Crippen LogP contribution in [-0.2, 0) is 11.3 Å². The van der Waals surface area contributed by atoms with Gasteiger partial charge in [0.25, 0.3) is 0 Å². The van der Waals surface area contributed by atoms with E-state index in [4.69, 9.17) is 10.1 Å². The molecule has 1 aliphatic carbocycles. The second-order valence-corrected chi connectivity index (χ2v) is 8.23. The number of carbonyl (C=O) groups is 1. The van der Waals surface area contributed by atoms with Crippen molar-refractivity contribution in [2.75, 3.05) is 19.7 Å². The van der Waals surface area contributed by atoms with Crippen LogP contribution in [-0.4, -0.2) is 40.3 Å². The van der Waals surface area contributed by atoms with Gasteiger partial charge in [-0.1, -0.05) is 18.1 Å². The lowest BCUT2D eigenvalue weighted by atomic mass is 9.84. The number of aryl methyl sites for hydroxylation is 1. The first-order chi connectivity index (χ1) is 12.9. The Labute approximate surface area is 162 Å². The van der Waals surface area contributed by atoms with E-state index in [2.05, 4.69) is 36.0 Å². The molecule has 0 saturated carbocycles. The fourth-order valence-corrected chi connectivity index (χ4v) is 4.54. The molecule has 1 aromatic heterocycles. The Balaban J connectivity index is 1.78. The number of aliphatic hydroxyl groups excluding tert-OH is 1. The summed E-state index contributed by atoms with van der Waals surface area (Å²) in [7, 11) is 0. The molecule has 0 aromatic carbocycles. The van der Waals surface area contributed by atoms with Gasteiger partial charge in [-0.15, -0.1) is 0 Å². The smallest absolute Gasteiger partial charge is 0.225 e. The van der Waals surface area contributed by atoms with Crippen molar-refractivity contribution in [1.82, 2.24) is 20.2 Å². The van der Waals surface area contributed by atoms with Crippen LogP contribution in [0.3, 0.4) is 0 Å². The monoisotopic (exact) mass is 374 g/mol. The molecule has 6 nitrogen and oxygen atoms in total. The van der Waals surface area contributed by atoms with Crippen LogP contribution in [0.25, 0.3) is 0 Å². The number of allylic oxidation sites excluding steroid dienone is 1. The zero-order chi connectivity index (χ0) is 19.6. The highest BCUT2D eigenvalue weighted by molar-refractivity contribution is 5.78. The van der Waals surface area contributed by atoms with Crippen molar-refractivity contribution in [3.05, 3.63) is 28.4 Å². The van der Waals surface area contributed by atoms with Crippen LogP contribution in [0.2, 0.25) is 0 Å². The Hall–Kier alpha value is -1.66. The summed E-state index contributed by atoms with van der Waals surface area (Å²) >= 11 is 0. The fraction of sp³-hybridized carbons (Fsp3) is 0.714. The van der Waals surface area contributed by atoms with Crippen molar-refractivity contribution in [3.8, 4) is 0 Å². The minimum Gasteiger partial charge on any atom is -0.395 e. The lowest BCUT2D eigenvalue weighted by Gasteiger charge is -2.32. The number of fused-ring (bicyclic) bond motifs is 1. The average Bonchev–Trinajstić information content (AvgIpc) is 2.93. The highest BCUT2D eigenvalue weighted by atomic mass is 16.3. The molecule has 0 saturated heterocycles. The molecule has 0 bridgehead atoms. The molecule has 3 rings (SSSR count). The minimum atomic E-state index is -0.104. The first-order valence-corrected chi connectivity index (χ1v) is 10.3. The molecular weight excluding hydrogens is 340 g/mol. The molecule has 27 heavy (non-hydrogen) atoms. The van der Waals surface area contributed by atoms with E-state index in [1.165, 1.54) is 30.4 Å². The van der Waals surface area contributed by atoms with Gasteiger partial charge in [-0.2, -0.15) is 0 Å². The molecular formula is C21H34N4O2. The van der Waals surface area contributed by atoms with E-state index in [1.54, 1.807) is 0 Å². The van der Waals surface area contributed by atoms with Crippen LogP contribution in [0.15, 0.2) is 11.1 Å². The van der Waals surface area contributed by atoms with Crippen molar-refractivity contribution >= 4 is 5.91 Å². The zero-order valence-electron chi connectivity index (χ0n) is 17.1. The Kier molecular flexibility index (Phi) is 6.37. The number of aliphatic hydroxyl groups is 1. The number of nitrogens with one attached hydrogen (secondary N) is 2. The first-order valence-electron chi connectivity index (χ1n) is 10.3. The molecule has 2 heterocycles. The SMILES string of the molecule is CC1=C(CNC2CC(C(=O)NCCO)Cn3c2nc(C)c3C)C(C)CCC1. The molecule has 3 N–H and O–H groups in total. The van der Waals surface area contributed by atoms with Gasteiger partial charge in [-0.05, 0) is 52.4 Å². The second kappa shape index (κ2) is 8.57. The number of amides is 1. The van der Waals surface area contributed by atoms with Gasteiger partial charge in [0.05, 0.1) is 24.3 Å². The van der Waals surface area contributed by atoms with E-state index in [9.17, 15) is 4.79 Å². The molecule has 150 valence electrons. The van der Waals surface area contributed by atoms with Crippen LogP contribution >= 0.6 is 0 Å². The molecule has 1 aliphatic heterocycles. The van der Waals surface area contributed by atoms with E-state index in [0.717, 1.165) is 30.2 Å². The number of nitrogens with zero attached hydrogens (tertiary/aromatic N) is 2. The van der Waals surface area contributed by atoms with Crippen LogP contribution in [0.5, 0.6) is 0 Å². The third-order valence-corrected chi connectivity index (χ3v) is 6.37. The number of carbonyl (C=O) groups excluding carboxylic acids is 1. The summed E-state index contributed by atoms with van der Waals surface area (Å²) in [4.78, 5) is 17.4. The highest BCUT2D eigenvalue weighted by Crippen LogP contribution is 2.33. The predicted molar refractivity (Wildman–Crippen MR) is 106 cm³/mol. The van der Waals surface area contributed by atoms with Gasteiger partial charge in [0.15, 0.2) is 0 Å². The molecule has 0 radical (unpaired) electrons. The number of aromatic nitrogens is 2. The molecule has 1 amide bonds. The third-order valence-electron chi connectivity index (χ3n) is 6.37. The summed E-state index contributed by atoms with van der Waals surface area (Å²) in [6.07, 6.45) is 4.49. The molecule has 2 aliphatic rings. The maximum absolute atomic E-state index is 12.5. The highest BCUT2D eigenvalue weighted by Gasteiger charge is 2.34. The van der Waals surface area contributed by atoms with Gasteiger partial charge in [0.2, 0.25) is 5.91 Å². The molecule has 0 spiro atoms. The number of hydrogen-bond donors (Lipinski definition) is 3. The lowest BCUT2D eigenvalue weighted by Crippen LogP contribution is -2.42. The fourth-order valence-electron chi connectivity index (χ4n) is 4.54. The maximum Gasteiger partial charge on any atom is 0.225 e. The average molecular weight is 375 g/mol. The third kappa shape index (κ3) is 4.27. The number of rotatable bonds is 6. The summed E-state index contributed by atoms with van der Waals surface area (Å²) in [6.45, 7) is 10.5. The Morgan fingerprint density at radius 2 is 2.11 bits per heavy atom. The predicted octanol–water partition coefficient (Wildman–Crippen LogP) is 2.40. The Morgan fingerprint density at radius 3 is 2.81 bits per heavy atom. The van der Waals surface area contributed by atoms with E-state index >= 15 is 0 Å². The van der Waals surface area contributed by atoms with Crippen LogP contribution in [0.1, 0.15) is 62.8 Å². The lowest BCUT2D eigenvalue weighted by molar-refractivity contribution is -0.126. The minimum absolute atomic E-state index is 0.0219. The van der Waals surface area contributed by atoms with Gasteiger partial charge in [-0.3, -0.25) is 4.79 Å². The molecule has 6 heteroatoms. The largest absolute Gasteiger partial charge is 0.395 e. The van der Waals surface area contributed by atoms with Gasteiger partial charge >= 0.3 is 0 Å². The molecule has 0 fully saturated rings. The van der Waals surface area contributed by atoms with E-state index in [0.29, 0.717) is 19.0 Å². The van der Waals surface area contributed by atoms with E-state index in [-0.39, 0.29) is 24.5 Å². The quantitative estimate of drug-likeness (QED) is 0.668. The standard InChI is InChI=1S/C21H34N4O2/c1-13-6-5-7-14(2)18(13)11-23-19-10-17(21(27)22-8-9-26)12-25-16(4)15(3)24-20(19)25/h13,17,19,23,26H,5-12H2,1-4H3,(H,22,27). The van der Waals surface area contributed by atoms with Crippen LogP contribution in [0, 0.1) is 25.7 Å². The normalized spacial score (nSPS) is 25.4. The Bertz CT molecular complexity index is 722. The van der Waals surface area contributed by atoms with Crippen molar-refractivity contribution in [2.24, 2.45) is 11.8 Å². The molecule has 3 atom stereocenters. The van der Waals surface area contributed by atoms with Crippen LogP contribution < -0.4 is 10.6 Å². The Morgan fingerprint density at radius 1 is 1.33 bits per heavy atom. The number of hydrogen-bond acceptors (Lipinski definition) is 4. The topological polar surface area (TPSA) is 79.2 Å². The van der Waals surface area contributed by atoms with Gasteiger partial charge in [0, 0.05) is 25.3 Å².